The number of hydrogen-bond donors (Lipinski definition) is 0. The van der Waals surface area contributed by atoms with Crippen LogP contribution in [0.5, 0.6) is 0 Å². The summed E-state index contributed by atoms with van der Waals surface area (Å²) in [5.41, 5.74) is 0. The second kappa shape index (κ2) is 1.79. The summed E-state index contributed by atoms with van der Waals surface area (Å²) in [6.07, 6.45) is 4.82. The molecular formula is C9H12O2. The molecule has 11 heavy (non-hydrogen) atoms. The molecule has 4 atom stereocenters. The predicted octanol–water partition coefficient (Wildman–Crippen LogP) is 1.35. The standard InChI is InChI=1S/C9H12O2/c10-9-4-6-1-5-2-7(6)8(3-5)11-9/h5-8H,1-4H2/t5-,6+,7-,8-/m1/s1. The second-order valence-electron chi connectivity index (χ2n) is 4.23. The van der Waals surface area contributed by atoms with Gasteiger partial charge in [-0.1, -0.05) is 0 Å². The van der Waals surface area contributed by atoms with E-state index in [1.54, 1.807) is 0 Å². The normalized spacial score (nSPS) is 52.9. The fourth-order valence-corrected chi connectivity index (χ4v) is 3.23. The van der Waals surface area contributed by atoms with E-state index in [-0.39, 0.29) is 5.97 Å². The number of ether oxygens (including phenoxy) is 1. The van der Waals surface area contributed by atoms with E-state index in [1.807, 2.05) is 0 Å². The van der Waals surface area contributed by atoms with Gasteiger partial charge in [0.15, 0.2) is 0 Å². The third-order valence-corrected chi connectivity index (χ3v) is 3.60. The van der Waals surface area contributed by atoms with Crippen molar-refractivity contribution in [3.05, 3.63) is 0 Å². The van der Waals surface area contributed by atoms with Gasteiger partial charge in [-0.25, -0.2) is 0 Å². The molecule has 2 aliphatic carbocycles. The largest absolute Gasteiger partial charge is 0.462 e. The minimum Gasteiger partial charge on any atom is -0.462 e. The van der Waals surface area contributed by atoms with E-state index in [2.05, 4.69) is 0 Å². The van der Waals surface area contributed by atoms with Gasteiger partial charge in [-0.3, -0.25) is 4.79 Å². The minimum atomic E-state index is 0.0524. The first-order valence-electron chi connectivity index (χ1n) is 4.52. The molecule has 0 aromatic heterocycles. The molecule has 0 aromatic rings. The molecule has 0 unspecified atom stereocenters. The quantitative estimate of drug-likeness (QED) is 0.490. The lowest BCUT2D eigenvalue weighted by Crippen LogP contribution is -2.36. The van der Waals surface area contributed by atoms with E-state index in [4.69, 9.17) is 4.74 Å². The Hall–Kier alpha value is -0.530. The smallest absolute Gasteiger partial charge is 0.306 e. The summed E-state index contributed by atoms with van der Waals surface area (Å²) in [7, 11) is 0. The van der Waals surface area contributed by atoms with Gasteiger partial charge in [0, 0.05) is 6.42 Å². The SMILES string of the molecule is O=C1C[C@@H]2C[C@@H]3C[C@H]2[C@@H](C3)O1. The minimum absolute atomic E-state index is 0.0524. The molecule has 2 nitrogen and oxygen atoms in total. The summed E-state index contributed by atoms with van der Waals surface area (Å²) >= 11 is 0. The van der Waals surface area contributed by atoms with E-state index in [1.165, 1.54) is 12.8 Å². The van der Waals surface area contributed by atoms with Crippen molar-refractivity contribution in [2.24, 2.45) is 17.8 Å². The van der Waals surface area contributed by atoms with Crippen LogP contribution in [0.3, 0.4) is 0 Å². The fraction of sp³-hybridized carbons (Fsp3) is 0.889. The van der Waals surface area contributed by atoms with E-state index >= 15 is 0 Å². The molecule has 3 rings (SSSR count). The van der Waals surface area contributed by atoms with Crippen molar-refractivity contribution in [3.63, 3.8) is 0 Å². The topological polar surface area (TPSA) is 26.3 Å². The first kappa shape index (κ1) is 6.04. The zero-order valence-electron chi connectivity index (χ0n) is 6.45. The molecule has 60 valence electrons. The van der Waals surface area contributed by atoms with Crippen LogP contribution >= 0.6 is 0 Å². The zero-order chi connectivity index (χ0) is 7.42. The molecule has 3 fully saturated rings. The number of fused-ring (bicyclic) bond motifs is 1. The molecule has 2 heteroatoms. The van der Waals surface area contributed by atoms with E-state index in [0.717, 1.165) is 18.3 Å². The molecule has 1 saturated heterocycles. The van der Waals surface area contributed by atoms with E-state index in [0.29, 0.717) is 18.4 Å². The molecular weight excluding hydrogens is 140 g/mol. The average Bonchev–Trinajstić information content (AvgIpc) is 2.41. The Morgan fingerprint density at radius 3 is 2.91 bits per heavy atom. The molecule has 2 bridgehead atoms. The van der Waals surface area contributed by atoms with Crippen molar-refractivity contribution < 1.29 is 9.53 Å². The van der Waals surface area contributed by atoms with Crippen LogP contribution in [0.4, 0.5) is 0 Å². The van der Waals surface area contributed by atoms with Crippen LogP contribution in [0.1, 0.15) is 25.7 Å². The lowest BCUT2D eigenvalue weighted by Gasteiger charge is -2.33. The van der Waals surface area contributed by atoms with Gasteiger partial charge >= 0.3 is 5.97 Å². The van der Waals surface area contributed by atoms with Crippen LogP contribution in [0.2, 0.25) is 0 Å². The van der Waals surface area contributed by atoms with Gasteiger partial charge in [0.1, 0.15) is 6.10 Å². The van der Waals surface area contributed by atoms with Gasteiger partial charge < -0.3 is 4.74 Å². The second-order valence-corrected chi connectivity index (χ2v) is 4.23. The number of esters is 1. The van der Waals surface area contributed by atoms with E-state index < -0.39 is 0 Å². The molecule has 1 heterocycles. The molecule has 0 amide bonds. The van der Waals surface area contributed by atoms with Crippen LogP contribution in [-0.2, 0) is 9.53 Å². The van der Waals surface area contributed by atoms with Gasteiger partial charge in [0.25, 0.3) is 0 Å². The van der Waals surface area contributed by atoms with Gasteiger partial charge in [0.2, 0.25) is 0 Å². The summed E-state index contributed by atoms with van der Waals surface area (Å²) < 4.78 is 5.27. The Labute approximate surface area is 65.9 Å². The molecule has 3 aliphatic rings. The summed E-state index contributed by atoms with van der Waals surface area (Å²) in [6, 6.07) is 0. The predicted molar refractivity (Wildman–Crippen MR) is 38.8 cm³/mol. The fourth-order valence-electron chi connectivity index (χ4n) is 3.23. The Bertz CT molecular complexity index is 194. The number of hydrogen-bond acceptors (Lipinski definition) is 2. The summed E-state index contributed by atoms with van der Waals surface area (Å²) in [4.78, 5) is 11.0. The molecule has 0 radical (unpaired) electrons. The number of carbonyl (C=O) groups is 1. The zero-order valence-corrected chi connectivity index (χ0v) is 6.45. The maximum absolute atomic E-state index is 11.0. The van der Waals surface area contributed by atoms with Crippen LogP contribution in [0, 0.1) is 17.8 Å². The van der Waals surface area contributed by atoms with Crippen molar-refractivity contribution >= 4 is 5.97 Å². The van der Waals surface area contributed by atoms with Crippen LogP contribution < -0.4 is 0 Å². The third-order valence-electron chi connectivity index (χ3n) is 3.60. The molecule has 1 aliphatic heterocycles. The van der Waals surface area contributed by atoms with Crippen LogP contribution in [-0.4, -0.2) is 12.1 Å². The lowest BCUT2D eigenvalue weighted by atomic mass is 9.82. The van der Waals surface area contributed by atoms with Crippen molar-refractivity contribution in [2.75, 3.05) is 0 Å². The molecule has 0 aromatic carbocycles. The summed E-state index contributed by atoms with van der Waals surface area (Å²) in [6.45, 7) is 0. The van der Waals surface area contributed by atoms with Gasteiger partial charge in [-0.15, -0.1) is 0 Å². The third kappa shape index (κ3) is 0.700. The maximum atomic E-state index is 11.0. The monoisotopic (exact) mass is 152 g/mol. The first-order chi connectivity index (χ1) is 5.33. The van der Waals surface area contributed by atoms with Crippen LogP contribution in [0.25, 0.3) is 0 Å². The Morgan fingerprint density at radius 1 is 1.27 bits per heavy atom. The highest BCUT2D eigenvalue weighted by Crippen LogP contribution is 2.53. The van der Waals surface area contributed by atoms with Gasteiger partial charge in [-0.05, 0) is 37.0 Å². The number of rotatable bonds is 0. The molecule has 0 spiro atoms. The summed E-state index contributed by atoms with van der Waals surface area (Å²) in [5.74, 6) is 2.39. The van der Waals surface area contributed by atoms with E-state index in [9.17, 15) is 4.79 Å². The highest BCUT2D eigenvalue weighted by molar-refractivity contribution is 5.71. The molecule has 0 N–H and O–H groups in total. The lowest BCUT2D eigenvalue weighted by molar-refractivity contribution is -0.162. The maximum Gasteiger partial charge on any atom is 0.306 e. The van der Waals surface area contributed by atoms with Gasteiger partial charge in [-0.2, -0.15) is 0 Å². The van der Waals surface area contributed by atoms with Crippen molar-refractivity contribution in [1.82, 2.24) is 0 Å². The Kier molecular flexibility index (Phi) is 0.984. The van der Waals surface area contributed by atoms with Crippen molar-refractivity contribution in [3.8, 4) is 0 Å². The molecule has 2 saturated carbocycles. The Balaban J connectivity index is 1.92. The highest BCUT2D eigenvalue weighted by atomic mass is 16.5. The number of carbonyl (C=O) groups excluding carboxylic acids is 1. The van der Waals surface area contributed by atoms with Crippen LogP contribution in [0.15, 0.2) is 0 Å². The highest BCUT2D eigenvalue weighted by Gasteiger charge is 2.51. The average molecular weight is 152 g/mol. The first-order valence-corrected chi connectivity index (χ1v) is 4.52. The van der Waals surface area contributed by atoms with Crippen molar-refractivity contribution in [1.29, 1.82) is 0 Å². The summed E-state index contributed by atoms with van der Waals surface area (Å²) in [5, 5.41) is 0. The van der Waals surface area contributed by atoms with Gasteiger partial charge in [0.05, 0.1) is 0 Å². The Morgan fingerprint density at radius 2 is 2.18 bits per heavy atom. The van der Waals surface area contributed by atoms with Crippen molar-refractivity contribution in [2.45, 2.75) is 31.8 Å².